The van der Waals surface area contributed by atoms with Crippen molar-refractivity contribution in [3.63, 3.8) is 0 Å². The van der Waals surface area contributed by atoms with E-state index in [4.69, 9.17) is 4.74 Å². The zero-order valence-electron chi connectivity index (χ0n) is 15.6. The van der Waals surface area contributed by atoms with E-state index < -0.39 is 5.72 Å². The normalized spacial score (nSPS) is 29.9. The Morgan fingerprint density at radius 3 is 2.96 bits per heavy atom. The fraction of sp³-hybridized carbons (Fsp3) is 0.611. The van der Waals surface area contributed by atoms with Crippen LogP contribution in [-0.2, 0) is 9.53 Å². The second-order valence-electron chi connectivity index (χ2n) is 7.96. The zero-order chi connectivity index (χ0) is 18.9. The number of rotatable bonds is 2. The molecule has 5 heterocycles. The van der Waals surface area contributed by atoms with Gasteiger partial charge in [-0.05, 0) is 18.9 Å². The van der Waals surface area contributed by atoms with Crippen LogP contribution in [0.1, 0.15) is 43.0 Å². The number of amides is 2. The van der Waals surface area contributed by atoms with E-state index in [1.54, 1.807) is 15.5 Å². The van der Waals surface area contributed by atoms with Gasteiger partial charge in [-0.25, -0.2) is 4.98 Å². The molecule has 9 nitrogen and oxygen atoms in total. The van der Waals surface area contributed by atoms with Crippen molar-refractivity contribution >= 4 is 17.6 Å². The van der Waals surface area contributed by atoms with Crippen LogP contribution in [0.15, 0.2) is 12.3 Å². The molecule has 3 aliphatic heterocycles. The Bertz CT molecular complexity index is 956. The van der Waals surface area contributed by atoms with Crippen LogP contribution >= 0.6 is 0 Å². The zero-order valence-corrected chi connectivity index (χ0v) is 15.6. The van der Waals surface area contributed by atoms with Gasteiger partial charge in [0.25, 0.3) is 11.7 Å². The second kappa shape index (κ2) is 5.48. The van der Waals surface area contributed by atoms with Gasteiger partial charge in [-0.1, -0.05) is 13.8 Å². The quantitative estimate of drug-likeness (QED) is 0.770. The molecule has 2 aromatic rings. The molecule has 0 unspecified atom stereocenters. The van der Waals surface area contributed by atoms with Gasteiger partial charge in [-0.3, -0.25) is 14.0 Å². The Morgan fingerprint density at radius 1 is 1.37 bits per heavy atom. The summed E-state index contributed by atoms with van der Waals surface area (Å²) < 4.78 is 7.79. The van der Waals surface area contributed by atoms with E-state index in [1.165, 1.54) is 0 Å². The van der Waals surface area contributed by atoms with Crippen molar-refractivity contribution < 1.29 is 14.3 Å². The summed E-state index contributed by atoms with van der Waals surface area (Å²) in [5.41, 5.74) is 0.127. The number of ether oxygens (including phenoxy) is 1. The summed E-state index contributed by atoms with van der Waals surface area (Å²) in [5, 5.41) is 8.08. The van der Waals surface area contributed by atoms with E-state index in [1.807, 2.05) is 17.9 Å². The van der Waals surface area contributed by atoms with Gasteiger partial charge in [-0.15, -0.1) is 10.2 Å². The molecule has 0 bridgehead atoms. The number of hydrogen-bond donors (Lipinski definition) is 0. The van der Waals surface area contributed by atoms with Gasteiger partial charge in [0.05, 0.1) is 25.1 Å². The highest BCUT2D eigenvalue weighted by atomic mass is 16.5. The molecule has 9 heteroatoms. The number of carbonyl (C=O) groups is 2. The van der Waals surface area contributed by atoms with Crippen molar-refractivity contribution in [1.29, 1.82) is 0 Å². The van der Waals surface area contributed by atoms with Crippen molar-refractivity contribution in [2.75, 3.05) is 13.2 Å². The standard InChI is InChI=1S/C18H22N6O3/c1-10(2)12-9-27-18-5-7-22(13(18)8-14(25)24(12)18)16(26)15-20-21-17-19-11(3)4-6-23(15)17/h4,6,10,12-13H,5,7-9H2,1-3H3/t12-,13+,18-/m0/s1. The first-order valence-electron chi connectivity index (χ1n) is 9.38. The van der Waals surface area contributed by atoms with Crippen LogP contribution in [0.2, 0.25) is 0 Å². The van der Waals surface area contributed by atoms with E-state index in [2.05, 4.69) is 29.0 Å². The van der Waals surface area contributed by atoms with Crippen LogP contribution in [0.4, 0.5) is 0 Å². The van der Waals surface area contributed by atoms with Gasteiger partial charge < -0.3 is 14.5 Å². The fourth-order valence-electron chi connectivity index (χ4n) is 4.76. The first-order chi connectivity index (χ1) is 12.9. The highest BCUT2D eigenvalue weighted by molar-refractivity contribution is 5.93. The Morgan fingerprint density at radius 2 is 2.19 bits per heavy atom. The molecule has 0 N–H and O–H groups in total. The van der Waals surface area contributed by atoms with E-state index in [9.17, 15) is 9.59 Å². The van der Waals surface area contributed by atoms with Crippen LogP contribution < -0.4 is 0 Å². The van der Waals surface area contributed by atoms with E-state index in [0.717, 1.165) is 5.69 Å². The SMILES string of the molecule is Cc1ccn2c(C(=O)N3CC[C@@]45OC[C@@H](C(C)C)N4C(=O)C[C@@H]35)nnc2n1. The second-order valence-corrected chi connectivity index (χ2v) is 7.96. The largest absolute Gasteiger partial charge is 0.351 e. The minimum Gasteiger partial charge on any atom is -0.351 e. The lowest BCUT2D eigenvalue weighted by Gasteiger charge is -2.34. The molecular formula is C18H22N6O3. The Balaban J connectivity index is 1.49. The average molecular weight is 370 g/mol. The van der Waals surface area contributed by atoms with Crippen LogP contribution in [0, 0.1) is 12.8 Å². The third kappa shape index (κ3) is 2.11. The summed E-state index contributed by atoms with van der Waals surface area (Å²) in [6.45, 7) is 7.12. The third-order valence-electron chi connectivity index (χ3n) is 6.13. The molecule has 3 saturated heterocycles. The van der Waals surface area contributed by atoms with Crippen LogP contribution in [0.5, 0.6) is 0 Å². The van der Waals surface area contributed by atoms with Gasteiger partial charge >= 0.3 is 0 Å². The molecule has 2 aromatic heterocycles. The molecule has 27 heavy (non-hydrogen) atoms. The maximum Gasteiger partial charge on any atom is 0.292 e. The molecule has 1 spiro atoms. The number of fused-ring (bicyclic) bond motifs is 1. The van der Waals surface area contributed by atoms with Gasteiger partial charge in [0.2, 0.25) is 11.7 Å². The predicted octanol–water partition coefficient (Wildman–Crippen LogP) is 0.631. The molecule has 5 rings (SSSR count). The number of nitrogens with zero attached hydrogens (tertiary/aromatic N) is 6. The van der Waals surface area contributed by atoms with Crippen molar-refractivity contribution in [3.8, 4) is 0 Å². The summed E-state index contributed by atoms with van der Waals surface area (Å²) in [6.07, 6.45) is 2.68. The maximum absolute atomic E-state index is 13.2. The molecule has 3 fully saturated rings. The first-order valence-corrected chi connectivity index (χ1v) is 9.38. The molecule has 0 saturated carbocycles. The Hall–Kier alpha value is -2.55. The topological polar surface area (TPSA) is 92.9 Å². The number of aromatic nitrogens is 4. The van der Waals surface area contributed by atoms with E-state index in [0.29, 0.717) is 37.7 Å². The Kier molecular flexibility index (Phi) is 3.37. The molecule has 0 radical (unpaired) electrons. The summed E-state index contributed by atoms with van der Waals surface area (Å²) in [4.78, 5) is 33.9. The summed E-state index contributed by atoms with van der Waals surface area (Å²) in [7, 11) is 0. The van der Waals surface area contributed by atoms with Gasteiger partial charge in [-0.2, -0.15) is 0 Å². The highest BCUT2D eigenvalue weighted by Gasteiger charge is 2.65. The average Bonchev–Trinajstić information content (AvgIpc) is 3.34. The van der Waals surface area contributed by atoms with Crippen molar-refractivity contribution in [3.05, 3.63) is 23.8 Å². The lowest BCUT2D eigenvalue weighted by Crippen LogP contribution is -2.51. The lowest BCUT2D eigenvalue weighted by atomic mass is 10.0. The summed E-state index contributed by atoms with van der Waals surface area (Å²) >= 11 is 0. The smallest absolute Gasteiger partial charge is 0.292 e. The number of hydrogen-bond acceptors (Lipinski definition) is 6. The Labute approximate surface area is 156 Å². The molecule has 142 valence electrons. The predicted molar refractivity (Wildman–Crippen MR) is 93.7 cm³/mol. The minimum absolute atomic E-state index is 0.0668. The minimum atomic E-state index is -0.684. The van der Waals surface area contributed by atoms with Crippen molar-refractivity contribution in [2.24, 2.45) is 5.92 Å². The van der Waals surface area contributed by atoms with Crippen molar-refractivity contribution in [2.45, 2.75) is 51.4 Å². The molecule has 0 aliphatic carbocycles. The summed E-state index contributed by atoms with van der Waals surface area (Å²) in [5.74, 6) is 0.761. The van der Waals surface area contributed by atoms with Gasteiger partial charge in [0.1, 0.15) is 0 Å². The highest BCUT2D eigenvalue weighted by Crippen LogP contribution is 2.49. The lowest BCUT2D eigenvalue weighted by molar-refractivity contribution is -0.139. The molecule has 3 atom stereocenters. The molecule has 3 aliphatic rings. The number of likely N-dealkylation sites (tertiary alicyclic amines) is 1. The molecule has 2 amide bonds. The van der Waals surface area contributed by atoms with Crippen LogP contribution in [-0.4, -0.2) is 72.2 Å². The fourth-order valence-corrected chi connectivity index (χ4v) is 4.76. The van der Waals surface area contributed by atoms with Crippen LogP contribution in [0.25, 0.3) is 5.78 Å². The monoisotopic (exact) mass is 370 g/mol. The van der Waals surface area contributed by atoms with E-state index >= 15 is 0 Å². The van der Waals surface area contributed by atoms with E-state index in [-0.39, 0.29) is 29.7 Å². The molecular weight excluding hydrogens is 348 g/mol. The number of carbonyl (C=O) groups excluding carboxylic acids is 2. The number of aryl methyl sites for hydroxylation is 1. The van der Waals surface area contributed by atoms with Gasteiger partial charge in [0, 0.05) is 24.9 Å². The van der Waals surface area contributed by atoms with Gasteiger partial charge in [0.15, 0.2) is 5.72 Å². The first kappa shape index (κ1) is 16.6. The van der Waals surface area contributed by atoms with Crippen molar-refractivity contribution in [1.82, 2.24) is 29.4 Å². The van der Waals surface area contributed by atoms with Crippen LogP contribution in [0.3, 0.4) is 0 Å². The maximum atomic E-state index is 13.2. The third-order valence-corrected chi connectivity index (χ3v) is 6.13. The summed E-state index contributed by atoms with van der Waals surface area (Å²) in [6, 6.07) is 1.60. The molecule has 0 aromatic carbocycles.